The SMILES string of the molecule is Cc1cccc(OCCC(=O)N2CCN[C@H](C)C2)c1. The number of nitrogens with zero attached hydrogens (tertiary/aromatic N) is 1. The molecule has 1 amide bonds. The third-order valence-electron chi connectivity index (χ3n) is 3.30. The Labute approximate surface area is 114 Å². The van der Waals surface area contributed by atoms with Crippen LogP contribution in [0.5, 0.6) is 5.75 Å². The number of amides is 1. The van der Waals surface area contributed by atoms with E-state index in [2.05, 4.69) is 12.2 Å². The van der Waals surface area contributed by atoms with E-state index in [1.165, 1.54) is 5.56 Å². The Morgan fingerprint density at radius 1 is 1.53 bits per heavy atom. The number of hydrogen-bond acceptors (Lipinski definition) is 3. The lowest BCUT2D eigenvalue weighted by Gasteiger charge is -2.31. The average molecular weight is 262 g/mol. The van der Waals surface area contributed by atoms with Gasteiger partial charge in [-0.1, -0.05) is 12.1 Å². The zero-order chi connectivity index (χ0) is 13.7. The van der Waals surface area contributed by atoms with Gasteiger partial charge in [-0.3, -0.25) is 4.79 Å². The minimum atomic E-state index is 0.181. The highest BCUT2D eigenvalue weighted by molar-refractivity contribution is 5.76. The van der Waals surface area contributed by atoms with Crippen molar-refractivity contribution in [2.45, 2.75) is 26.3 Å². The van der Waals surface area contributed by atoms with Gasteiger partial charge in [0.25, 0.3) is 0 Å². The zero-order valence-corrected chi connectivity index (χ0v) is 11.7. The topological polar surface area (TPSA) is 41.6 Å². The summed E-state index contributed by atoms with van der Waals surface area (Å²) >= 11 is 0. The van der Waals surface area contributed by atoms with E-state index in [1.807, 2.05) is 36.1 Å². The van der Waals surface area contributed by atoms with Gasteiger partial charge in [0.2, 0.25) is 5.91 Å². The van der Waals surface area contributed by atoms with Crippen molar-refractivity contribution in [3.8, 4) is 5.75 Å². The van der Waals surface area contributed by atoms with Gasteiger partial charge in [0, 0.05) is 25.7 Å². The highest BCUT2D eigenvalue weighted by atomic mass is 16.5. The number of ether oxygens (including phenoxy) is 1. The summed E-state index contributed by atoms with van der Waals surface area (Å²) in [6, 6.07) is 8.28. The molecule has 4 heteroatoms. The first-order valence-electron chi connectivity index (χ1n) is 6.86. The van der Waals surface area contributed by atoms with Crippen LogP contribution >= 0.6 is 0 Å². The summed E-state index contributed by atoms with van der Waals surface area (Å²) < 4.78 is 5.61. The fourth-order valence-corrected chi connectivity index (χ4v) is 2.28. The molecular weight excluding hydrogens is 240 g/mol. The molecule has 1 saturated heterocycles. The second kappa shape index (κ2) is 6.57. The molecule has 1 aliphatic heterocycles. The summed E-state index contributed by atoms with van der Waals surface area (Å²) in [5.74, 6) is 1.02. The lowest BCUT2D eigenvalue weighted by Crippen LogP contribution is -2.51. The fraction of sp³-hybridized carbons (Fsp3) is 0.533. The monoisotopic (exact) mass is 262 g/mol. The zero-order valence-electron chi connectivity index (χ0n) is 11.7. The molecule has 1 fully saturated rings. The Balaban J connectivity index is 1.74. The second-order valence-electron chi connectivity index (χ2n) is 5.11. The molecule has 0 radical (unpaired) electrons. The molecule has 1 heterocycles. The van der Waals surface area contributed by atoms with Crippen molar-refractivity contribution in [3.05, 3.63) is 29.8 Å². The van der Waals surface area contributed by atoms with E-state index in [0.29, 0.717) is 19.1 Å². The summed E-state index contributed by atoms with van der Waals surface area (Å²) in [6.45, 7) is 7.05. The number of nitrogens with one attached hydrogen (secondary N) is 1. The molecule has 0 bridgehead atoms. The van der Waals surface area contributed by atoms with Gasteiger partial charge in [0.05, 0.1) is 13.0 Å². The van der Waals surface area contributed by atoms with E-state index in [1.54, 1.807) is 0 Å². The van der Waals surface area contributed by atoms with Crippen LogP contribution in [-0.2, 0) is 4.79 Å². The van der Waals surface area contributed by atoms with Gasteiger partial charge >= 0.3 is 0 Å². The Bertz CT molecular complexity index is 434. The Kier molecular flexibility index (Phi) is 4.80. The molecule has 2 rings (SSSR count). The van der Waals surface area contributed by atoms with Crippen LogP contribution < -0.4 is 10.1 Å². The van der Waals surface area contributed by atoms with Crippen molar-refractivity contribution in [3.63, 3.8) is 0 Å². The summed E-state index contributed by atoms with van der Waals surface area (Å²) in [5, 5.41) is 3.33. The van der Waals surface area contributed by atoms with Gasteiger partial charge in [-0.25, -0.2) is 0 Å². The number of rotatable bonds is 4. The molecule has 4 nitrogen and oxygen atoms in total. The van der Waals surface area contributed by atoms with Gasteiger partial charge in [0.15, 0.2) is 0 Å². The molecule has 0 saturated carbocycles. The standard InChI is InChI=1S/C15H22N2O2/c1-12-4-3-5-14(10-12)19-9-6-15(18)17-8-7-16-13(2)11-17/h3-5,10,13,16H,6-9,11H2,1-2H3/t13-/m1/s1. The smallest absolute Gasteiger partial charge is 0.226 e. The number of hydrogen-bond donors (Lipinski definition) is 1. The van der Waals surface area contributed by atoms with Crippen LogP contribution in [0.15, 0.2) is 24.3 Å². The van der Waals surface area contributed by atoms with Crippen LogP contribution in [0.1, 0.15) is 18.9 Å². The number of aryl methyl sites for hydroxylation is 1. The molecule has 1 aromatic rings. The molecule has 1 atom stereocenters. The first-order valence-corrected chi connectivity index (χ1v) is 6.86. The predicted octanol–water partition coefficient (Wildman–Crippen LogP) is 1.58. The van der Waals surface area contributed by atoms with Crippen molar-refractivity contribution < 1.29 is 9.53 Å². The van der Waals surface area contributed by atoms with Crippen LogP contribution in [0, 0.1) is 6.92 Å². The van der Waals surface area contributed by atoms with Crippen LogP contribution in [0.2, 0.25) is 0 Å². The lowest BCUT2D eigenvalue weighted by atomic mass is 10.2. The molecular formula is C15H22N2O2. The van der Waals surface area contributed by atoms with Crippen molar-refractivity contribution in [1.82, 2.24) is 10.2 Å². The van der Waals surface area contributed by atoms with Gasteiger partial charge in [-0.2, -0.15) is 0 Å². The van der Waals surface area contributed by atoms with Crippen LogP contribution in [-0.4, -0.2) is 43.1 Å². The number of carbonyl (C=O) groups excluding carboxylic acids is 1. The summed E-state index contributed by atoms with van der Waals surface area (Å²) in [4.78, 5) is 13.9. The highest BCUT2D eigenvalue weighted by Gasteiger charge is 2.19. The number of benzene rings is 1. The quantitative estimate of drug-likeness (QED) is 0.896. The Morgan fingerprint density at radius 2 is 2.37 bits per heavy atom. The first kappa shape index (κ1) is 13.9. The minimum absolute atomic E-state index is 0.181. The van der Waals surface area contributed by atoms with Gasteiger partial charge < -0.3 is 15.0 Å². The number of carbonyl (C=O) groups is 1. The molecule has 0 aliphatic carbocycles. The normalized spacial score (nSPS) is 19.3. The predicted molar refractivity (Wildman–Crippen MR) is 75.3 cm³/mol. The van der Waals surface area contributed by atoms with Crippen molar-refractivity contribution in [1.29, 1.82) is 0 Å². The maximum absolute atomic E-state index is 12.0. The van der Waals surface area contributed by atoms with Crippen LogP contribution in [0.4, 0.5) is 0 Å². The average Bonchev–Trinajstić information content (AvgIpc) is 2.38. The summed E-state index contributed by atoms with van der Waals surface area (Å²) in [6.07, 6.45) is 0.445. The third-order valence-corrected chi connectivity index (χ3v) is 3.30. The van der Waals surface area contributed by atoms with E-state index < -0.39 is 0 Å². The molecule has 0 unspecified atom stereocenters. The molecule has 0 spiro atoms. The Morgan fingerprint density at radius 3 is 3.11 bits per heavy atom. The molecule has 1 aliphatic rings. The van der Waals surface area contributed by atoms with Crippen molar-refractivity contribution >= 4 is 5.91 Å². The molecule has 19 heavy (non-hydrogen) atoms. The van der Waals surface area contributed by atoms with Crippen LogP contribution in [0.25, 0.3) is 0 Å². The largest absolute Gasteiger partial charge is 0.493 e. The summed E-state index contributed by atoms with van der Waals surface area (Å²) in [7, 11) is 0. The molecule has 104 valence electrons. The van der Waals surface area contributed by atoms with E-state index in [4.69, 9.17) is 4.74 Å². The minimum Gasteiger partial charge on any atom is -0.493 e. The third kappa shape index (κ3) is 4.24. The van der Waals surface area contributed by atoms with Crippen molar-refractivity contribution in [2.75, 3.05) is 26.2 Å². The fourth-order valence-electron chi connectivity index (χ4n) is 2.28. The van der Waals surface area contributed by atoms with Gasteiger partial charge in [0.1, 0.15) is 5.75 Å². The molecule has 1 aromatic carbocycles. The van der Waals surface area contributed by atoms with Crippen LogP contribution in [0.3, 0.4) is 0 Å². The molecule has 1 N–H and O–H groups in total. The maximum Gasteiger partial charge on any atom is 0.226 e. The van der Waals surface area contributed by atoms with E-state index >= 15 is 0 Å². The van der Waals surface area contributed by atoms with Gasteiger partial charge in [-0.05, 0) is 31.5 Å². The Hall–Kier alpha value is -1.55. The lowest BCUT2D eigenvalue weighted by molar-refractivity contribution is -0.132. The molecule has 0 aromatic heterocycles. The van der Waals surface area contributed by atoms with E-state index in [0.717, 1.165) is 25.4 Å². The number of piperazine rings is 1. The maximum atomic E-state index is 12.0. The summed E-state index contributed by atoms with van der Waals surface area (Å²) in [5.41, 5.74) is 1.17. The highest BCUT2D eigenvalue weighted by Crippen LogP contribution is 2.12. The van der Waals surface area contributed by atoms with Crippen molar-refractivity contribution in [2.24, 2.45) is 0 Å². The second-order valence-corrected chi connectivity index (χ2v) is 5.11. The first-order chi connectivity index (χ1) is 9.15. The van der Waals surface area contributed by atoms with E-state index in [-0.39, 0.29) is 5.91 Å². The van der Waals surface area contributed by atoms with Gasteiger partial charge in [-0.15, -0.1) is 0 Å². The van der Waals surface area contributed by atoms with E-state index in [9.17, 15) is 4.79 Å².